The fourth-order valence-corrected chi connectivity index (χ4v) is 13.7. The van der Waals surface area contributed by atoms with Gasteiger partial charge in [0.1, 0.15) is 19.3 Å². The second-order valence-electron chi connectivity index (χ2n) is 29.6. The number of hydrogen-bond donors (Lipinski definition) is 3. The smallest absolute Gasteiger partial charge is 0.462 e. The molecular weight excluding hydrogens is 1280 g/mol. The third-order valence-electron chi connectivity index (χ3n) is 18.7. The van der Waals surface area contributed by atoms with Gasteiger partial charge in [-0.25, -0.2) is 9.13 Å². The summed E-state index contributed by atoms with van der Waals surface area (Å²) < 4.78 is 68.6. The Hall–Kier alpha value is -1.94. The number of carbonyl (C=O) groups is 4. The Morgan fingerprint density at radius 1 is 0.296 bits per heavy atom. The van der Waals surface area contributed by atoms with Crippen molar-refractivity contribution < 1.29 is 80.2 Å². The van der Waals surface area contributed by atoms with Gasteiger partial charge in [-0.05, 0) is 43.4 Å². The number of phosphoric acid groups is 2. The minimum absolute atomic E-state index is 0.105. The molecule has 17 nitrogen and oxygen atoms in total. The molecule has 0 saturated carbocycles. The molecule has 0 fully saturated rings. The van der Waals surface area contributed by atoms with Crippen LogP contribution in [0.5, 0.6) is 0 Å². The first-order chi connectivity index (χ1) is 47.3. The molecule has 0 amide bonds. The monoisotopic (exact) mass is 1440 g/mol. The maximum absolute atomic E-state index is 13.1. The van der Waals surface area contributed by atoms with Crippen molar-refractivity contribution in [3.8, 4) is 0 Å². The van der Waals surface area contributed by atoms with Gasteiger partial charge in [0, 0.05) is 25.7 Å². The molecule has 6 atom stereocenters. The standard InChI is InChI=1S/C79H154O17P2/c1-8-10-11-12-13-14-31-39-46-53-60-76(81)89-67-75(96-79(84)63-56-49-42-35-34-38-45-52-59-72(7)9-2)69-94-98(87,88)92-65-73(80)64-91-97(85,86)93-68-74(66-90-77(82)61-54-47-40-32-27-24-23-26-30-37-44-51-58-71(5)6)95-78(83)62-55-48-41-33-28-22-20-18-16-15-17-19-21-25-29-36-43-50-57-70(3)4/h70-75,80H,8-69H2,1-7H3,(H,85,86)(H,87,88)/t72?,73-,74-,75-/m1/s1. The maximum Gasteiger partial charge on any atom is 0.472 e. The second-order valence-corrected chi connectivity index (χ2v) is 32.6. The average Bonchev–Trinajstić information content (AvgIpc) is 1.03. The first-order valence-electron chi connectivity index (χ1n) is 40.9. The molecule has 0 aliphatic rings. The van der Waals surface area contributed by atoms with Gasteiger partial charge in [0.15, 0.2) is 12.2 Å². The Labute approximate surface area is 600 Å². The zero-order chi connectivity index (χ0) is 72.3. The first kappa shape index (κ1) is 96.1. The molecule has 0 aromatic heterocycles. The summed E-state index contributed by atoms with van der Waals surface area (Å²) in [5, 5.41) is 10.6. The van der Waals surface area contributed by atoms with Crippen LogP contribution in [0.1, 0.15) is 408 Å². The lowest BCUT2D eigenvalue weighted by Crippen LogP contribution is -2.30. The quantitative estimate of drug-likeness (QED) is 0.0222. The van der Waals surface area contributed by atoms with Crippen LogP contribution in [-0.2, 0) is 65.4 Å². The van der Waals surface area contributed by atoms with E-state index in [4.69, 9.17) is 37.0 Å². The highest BCUT2D eigenvalue weighted by molar-refractivity contribution is 7.47. The van der Waals surface area contributed by atoms with E-state index in [9.17, 15) is 43.2 Å². The molecule has 0 aromatic carbocycles. The van der Waals surface area contributed by atoms with E-state index in [-0.39, 0.29) is 25.7 Å². The van der Waals surface area contributed by atoms with Gasteiger partial charge in [0.2, 0.25) is 0 Å². The summed E-state index contributed by atoms with van der Waals surface area (Å²) in [6, 6.07) is 0. The van der Waals surface area contributed by atoms with E-state index in [2.05, 4.69) is 48.5 Å². The number of unbranched alkanes of at least 4 members (excludes halogenated alkanes) is 44. The summed E-state index contributed by atoms with van der Waals surface area (Å²) in [7, 11) is -9.92. The number of phosphoric ester groups is 2. The van der Waals surface area contributed by atoms with Gasteiger partial charge in [-0.15, -0.1) is 0 Å². The summed E-state index contributed by atoms with van der Waals surface area (Å²) in [6.07, 6.45) is 56.9. The molecule has 0 aliphatic heterocycles. The van der Waals surface area contributed by atoms with Crippen LogP contribution in [0.3, 0.4) is 0 Å². The van der Waals surface area contributed by atoms with Gasteiger partial charge < -0.3 is 33.8 Å². The number of ether oxygens (including phenoxy) is 4. The minimum atomic E-state index is -4.96. The third-order valence-corrected chi connectivity index (χ3v) is 20.6. The van der Waals surface area contributed by atoms with Crippen molar-refractivity contribution in [3.63, 3.8) is 0 Å². The maximum atomic E-state index is 13.1. The van der Waals surface area contributed by atoms with E-state index in [1.54, 1.807) is 0 Å². The lowest BCUT2D eigenvalue weighted by atomic mass is 9.99. The number of aliphatic hydroxyl groups excluding tert-OH is 1. The molecule has 0 radical (unpaired) electrons. The van der Waals surface area contributed by atoms with E-state index in [0.29, 0.717) is 25.7 Å². The molecule has 98 heavy (non-hydrogen) atoms. The van der Waals surface area contributed by atoms with E-state index in [1.807, 2.05) is 0 Å². The zero-order valence-electron chi connectivity index (χ0n) is 64.3. The number of aliphatic hydroxyl groups is 1. The molecule has 0 bridgehead atoms. The van der Waals surface area contributed by atoms with Crippen molar-refractivity contribution in [1.82, 2.24) is 0 Å². The minimum Gasteiger partial charge on any atom is -0.462 e. The third kappa shape index (κ3) is 71.1. The molecular formula is C79H154O17P2. The lowest BCUT2D eigenvalue weighted by Gasteiger charge is -2.21. The highest BCUT2D eigenvalue weighted by atomic mass is 31.2. The van der Waals surface area contributed by atoms with Gasteiger partial charge in [-0.3, -0.25) is 37.3 Å². The molecule has 0 spiro atoms. The van der Waals surface area contributed by atoms with E-state index in [1.165, 1.54) is 218 Å². The van der Waals surface area contributed by atoms with Crippen LogP contribution in [0.15, 0.2) is 0 Å². The van der Waals surface area contributed by atoms with E-state index in [0.717, 1.165) is 108 Å². The van der Waals surface area contributed by atoms with Crippen molar-refractivity contribution in [2.24, 2.45) is 17.8 Å². The number of rotatable bonds is 77. The van der Waals surface area contributed by atoms with Crippen LogP contribution in [0.2, 0.25) is 0 Å². The van der Waals surface area contributed by atoms with Gasteiger partial charge in [0.05, 0.1) is 26.4 Å². The van der Waals surface area contributed by atoms with E-state index < -0.39 is 97.5 Å². The van der Waals surface area contributed by atoms with Crippen molar-refractivity contribution in [1.29, 1.82) is 0 Å². The molecule has 19 heteroatoms. The van der Waals surface area contributed by atoms with Crippen LogP contribution in [0.25, 0.3) is 0 Å². The summed E-state index contributed by atoms with van der Waals surface area (Å²) >= 11 is 0. The number of esters is 4. The number of carbonyl (C=O) groups excluding carboxylic acids is 4. The average molecular weight is 1440 g/mol. The Morgan fingerprint density at radius 2 is 0.520 bits per heavy atom. The largest absolute Gasteiger partial charge is 0.472 e. The Bertz CT molecular complexity index is 1910. The summed E-state index contributed by atoms with van der Waals surface area (Å²) in [5.74, 6) is 0.257. The van der Waals surface area contributed by atoms with Crippen molar-refractivity contribution in [2.45, 2.75) is 426 Å². The first-order valence-corrected chi connectivity index (χ1v) is 43.9. The molecule has 0 aromatic rings. The zero-order valence-corrected chi connectivity index (χ0v) is 66.0. The molecule has 0 saturated heterocycles. The van der Waals surface area contributed by atoms with Crippen molar-refractivity contribution in [2.75, 3.05) is 39.6 Å². The highest BCUT2D eigenvalue weighted by Crippen LogP contribution is 2.45. The predicted octanol–water partition coefficient (Wildman–Crippen LogP) is 23.4. The molecule has 582 valence electrons. The van der Waals surface area contributed by atoms with E-state index >= 15 is 0 Å². The van der Waals surface area contributed by atoms with Crippen LogP contribution in [0, 0.1) is 17.8 Å². The van der Waals surface area contributed by atoms with Crippen LogP contribution < -0.4 is 0 Å². The molecule has 0 aliphatic carbocycles. The van der Waals surface area contributed by atoms with Gasteiger partial charge in [-0.2, -0.15) is 0 Å². The Morgan fingerprint density at radius 3 is 0.776 bits per heavy atom. The summed E-state index contributed by atoms with van der Waals surface area (Å²) in [6.45, 7) is 12.0. The molecule has 0 heterocycles. The van der Waals surface area contributed by atoms with Gasteiger partial charge in [-0.1, -0.05) is 357 Å². The summed E-state index contributed by atoms with van der Waals surface area (Å²) in [5.41, 5.74) is 0. The van der Waals surface area contributed by atoms with Crippen molar-refractivity contribution >= 4 is 39.5 Å². The Kier molecular flexibility index (Phi) is 68.1. The fourth-order valence-electron chi connectivity index (χ4n) is 12.1. The SMILES string of the molecule is CCCCCCCCCCCCC(=O)OC[C@H](COP(=O)(O)OC[C@H](O)COP(=O)(O)OC[C@@H](COC(=O)CCCCCCCCCCCCCCC(C)C)OC(=O)CCCCCCCCCCCCCCCCCCCCC(C)C)OC(=O)CCCCCCCCCCC(C)CC. The highest BCUT2D eigenvalue weighted by Gasteiger charge is 2.30. The second kappa shape index (κ2) is 69.4. The van der Waals surface area contributed by atoms with Crippen molar-refractivity contribution in [3.05, 3.63) is 0 Å². The van der Waals surface area contributed by atoms with Gasteiger partial charge in [0.25, 0.3) is 0 Å². The fraction of sp³-hybridized carbons (Fsp3) is 0.949. The lowest BCUT2D eigenvalue weighted by molar-refractivity contribution is -0.161. The topological polar surface area (TPSA) is 237 Å². The van der Waals surface area contributed by atoms with Crippen LogP contribution >= 0.6 is 15.6 Å². The van der Waals surface area contributed by atoms with Gasteiger partial charge >= 0.3 is 39.5 Å². The molecule has 0 rings (SSSR count). The Balaban J connectivity index is 5.22. The summed E-state index contributed by atoms with van der Waals surface area (Å²) in [4.78, 5) is 72.9. The normalized spacial score (nSPS) is 14.3. The van der Waals surface area contributed by atoms with Crippen LogP contribution in [0.4, 0.5) is 0 Å². The molecule has 3 unspecified atom stereocenters. The predicted molar refractivity (Wildman–Crippen MR) is 400 cm³/mol. The number of hydrogen-bond acceptors (Lipinski definition) is 15. The van der Waals surface area contributed by atoms with Crippen LogP contribution in [-0.4, -0.2) is 96.7 Å². The molecule has 3 N–H and O–H groups in total.